The van der Waals surface area contributed by atoms with E-state index in [-0.39, 0.29) is 0 Å². The van der Waals surface area contributed by atoms with Crippen LogP contribution in [0.15, 0.2) is 84.9 Å². The van der Waals surface area contributed by atoms with Gasteiger partial charge in [0, 0.05) is 0 Å². The summed E-state index contributed by atoms with van der Waals surface area (Å²) in [5.74, 6) is 0. The Kier molecular flexibility index (Phi) is 3.97. The van der Waals surface area contributed by atoms with Crippen molar-refractivity contribution in [1.82, 2.24) is 0 Å². The second-order valence-electron chi connectivity index (χ2n) is 5.15. The van der Waals surface area contributed by atoms with Crippen LogP contribution in [0, 0.1) is 0 Å². The third-order valence-electron chi connectivity index (χ3n) is 3.65. The molecule has 0 heteroatoms. The minimum Gasteiger partial charge on any atom is -0.0622 e. The molecule has 0 saturated carbocycles. The van der Waals surface area contributed by atoms with Gasteiger partial charge in [-0.15, -0.1) is 0 Å². The highest BCUT2D eigenvalue weighted by Crippen LogP contribution is 2.27. The maximum absolute atomic E-state index is 2.26. The highest BCUT2D eigenvalue weighted by molar-refractivity contribution is 5.86. The van der Waals surface area contributed by atoms with E-state index in [2.05, 4.69) is 97.9 Å². The summed E-state index contributed by atoms with van der Waals surface area (Å²) < 4.78 is 0. The van der Waals surface area contributed by atoms with Gasteiger partial charge in [0.1, 0.15) is 0 Å². The van der Waals surface area contributed by atoms with Crippen molar-refractivity contribution in [3.05, 3.63) is 96.1 Å². The molecule has 0 radical (unpaired) electrons. The van der Waals surface area contributed by atoms with E-state index in [1.165, 1.54) is 27.8 Å². The highest BCUT2D eigenvalue weighted by atomic mass is 14.1. The Labute approximate surface area is 126 Å². The van der Waals surface area contributed by atoms with Gasteiger partial charge in [0.05, 0.1) is 0 Å². The van der Waals surface area contributed by atoms with E-state index in [0.29, 0.717) is 0 Å². The standard InChI is InChI=1S/C21H18/c1-17(18-10-4-2-5-11-18)16-20-14-8-9-15-21(20)19-12-6-3-7-13-19/h2-16H,1H3/b17-16+. The van der Waals surface area contributed by atoms with Crippen LogP contribution >= 0.6 is 0 Å². The average molecular weight is 270 g/mol. The number of hydrogen-bond acceptors (Lipinski definition) is 0. The summed E-state index contributed by atoms with van der Waals surface area (Å²) in [6.45, 7) is 2.16. The second-order valence-corrected chi connectivity index (χ2v) is 5.15. The molecule has 0 atom stereocenters. The van der Waals surface area contributed by atoms with Gasteiger partial charge in [0.15, 0.2) is 0 Å². The van der Waals surface area contributed by atoms with E-state index < -0.39 is 0 Å². The average Bonchev–Trinajstić information content (AvgIpc) is 2.57. The van der Waals surface area contributed by atoms with Crippen molar-refractivity contribution in [2.75, 3.05) is 0 Å². The van der Waals surface area contributed by atoms with Crippen LogP contribution in [-0.4, -0.2) is 0 Å². The van der Waals surface area contributed by atoms with Gasteiger partial charge in [-0.25, -0.2) is 0 Å². The van der Waals surface area contributed by atoms with E-state index in [1.54, 1.807) is 0 Å². The van der Waals surface area contributed by atoms with E-state index in [9.17, 15) is 0 Å². The molecule has 21 heavy (non-hydrogen) atoms. The van der Waals surface area contributed by atoms with Gasteiger partial charge in [-0.1, -0.05) is 91.0 Å². The van der Waals surface area contributed by atoms with Crippen molar-refractivity contribution < 1.29 is 0 Å². The largest absolute Gasteiger partial charge is 0.0622 e. The molecule has 3 rings (SSSR count). The van der Waals surface area contributed by atoms with Crippen molar-refractivity contribution in [3.8, 4) is 11.1 Å². The number of rotatable bonds is 3. The summed E-state index contributed by atoms with van der Waals surface area (Å²) in [7, 11) is 0. The molecule has 0 aromatic heterocycles. The van der Waals surface area contributed by atoms with Crippen molar-refractivity contribution in [2.45, 2.75) is 6.92 Å². The SMILES string of the molecule is C/C(=C\c1ccccc1-c1ccccc1)c1ccccc1. The fourth-order valence-corrected chi connectivity index (χ4v) is 2.52. The third-order valence-corrected chi connectivity index (χ3v) is 3.65. The smallest absolute Gasteiger partial charge is 0.0111 e. The van der Waals surface area contributed by atoms with Gasteiger partial charge >= 0.3 is 0 Å². The van der Waals surface area contributed by atoms with Crippen LogP contribution in [0.25, 0.3) is 22.8 Å². The summed E-state index contributed by atoms with van der Waals surface area (Å²) in [5.41, 5.74) is 6.32. The number of allylic oxidation sites excluding steroid dienone is 1. The van der Waals surface area contributed by atoms with Gasteiger partial charge in [-0.3, -0.25) is 0 Å². The molecule has 3 aromatic rings. The van der Waals surface area contributed by atoms with Gasteiger partial charge in [-0.05, 0) is 34.8 Å². The van der Waals surface area contributed by atoms with Gasteiger partial charge in [0.2, 0.25) is 0 Å². The molecule has 0 bridgehead atoms. The Balaban J connectivity index is 2.04. The quantitative estimate of drug-likeness (QED) is 0.519. The van der Waals surface area contributed by atoms with Crippen molar-refractivity contribution in [3.63, 3.8) is 0 Å². The molecule has 0 heterocycles. The van der Waals surface area contributed by atoms with Crippen LogP contribution < -0.4 is 0 Å². The lowest BCUT2D eigenvalue weighted by molar-refractivity contribution is 1.56. The third kappa shape index (κ3) is 3.11. The van der Waals surface area contributed by atoms with Crippen molar-refractivity contribution >= 4 is 11.6 Å². The first-order chi connectivity index (χ1) is 10.3. The maximum Gasteiger partial charge on any atom is -0.0111 e. The number of benzene rings is 3. The maximum atomic E-state index is 2.26. The first-order valence-corrected chi connectivity index (χ1v) is 7.23. The molecular weight excluding hydrogens is 252 g/mol. The molecule has 0 spiro atoms. The molecule has 0 N–H and O–H groups in total. The zero-order valence-corrected chi connectivity index (χ0v) is 12.2. The van der Waals surface area contributed by atoms with E-state index in [1.807, 2.05) is 0 Å². The molecule has 0 aliphatic rings. The van der Waals surface area contributed by atoms with Gasteiger partial charge < -0.3 is 0 Å². The molecule has 0 unspecified atom stereocenters. The molecule has 0 saturated heterocycles. The van der Waals surface area contributed by atoms with E-state index in [0.717, 1.165) is 0 Å². The molecule has 0 aliphatic carbocycles. The molecular formula is C21H18. The lowest BCUT2D eigenvalue weighted by Crippen LogP contribution is -1.84. The van der Waals surface area contributed by atoms with Crippen molar-refractivity contribution in [2.24, 2.45) is 0 Å². The zero-order chi connectivity index (χ0) is 14.5. The fourth-order valence-electron chi connectivity index (χ4n) is 2.52. The van der Waals surface area contributed by atoms with Crippen LogP contribution in [0.4, 0.5) is 0 Å². The minimum absolute atomic E-state index is 1.25. The number of hydrogen-bond donors (Lipinski definition) is 0. The Morgan fingerprint density at radius 1 is 0.667 bits per heavy atom. The van der Waals surface area contributed by atoms with Crippen LogP contribution in [0.3, 0.4) is 0 Å². The summed E-state index contributed by atoms with van der Waals surface area (Å²) in [5, 5.41) is 0. The molecule has 102 valence electrons. The summed E-state index contributed by atoms with van der Waals surface area (Å²) in [4.78, 5) is 0. The van der Waals surface area contributed by atoms with Crippen LogP contribution in [0.1, 0.15) is 18.1 Å². The minimum atomic E-state index is 1.25. The van der Waals surface area contributed by atoms with Crippen LogP contribution in [-0.2, 0) is 0 Å². The lowest BCUT2D eigenvalue weighted by atomic mass is 9.97. The van der Waals surface area contributed by atoms with Gasteiger partial charge in [0.25, 0.3) is 0 Å². The summed E-state index contributed by atoms with van der Waals surface area (Å²) >= 11 is 0. The molecule has 0 nitrogen and oxygen atoms in total. The van der Waals surface area contributed by atoms with E-state index >= 15 is 0 Å². The normalized spacial score (nSPS) is 11.4. The fraction of sp³-hybridized carbons (Fsp3) is 0.0476. The molecule has 0 amide bonds. The predicted molar refractivity (Wildman–Crippen MR) is 91.9 cm³/mol. The molecule has 3 aromatic carbocycles. The first kappa shape index (κ1) is 13.4. The van der Waals surface area contributed by atoms with Gasteiger partial charge in [-0.2, -0.15) is 0 Å². The Morgan fingerprint density at radius 2 is 1.24 bits per heavy atom. The summed E-state index contributed by atoms with van der Waals surface area (Å²) in [6, 6.07) is 29.6. The monoisotopic (exact) mass is 270 g/mol. The lowest BCUT2D eigenvalue weighted by Gasteiger charge is -2.08. The Hall–Kier alpha value is -2.60. The predicted octanol–water partition coefficient (Wildman–Crippen LogP) is 5.91. The zero-order valence-electron chi connectivity index (χ0n) is 12.2. The molecule has 0 aliphatic heterocycles. The first-order valence-electron chi connectivity index (χ1n) is 7.23. The Bertz CT molecular complexity index is 737. The second kappa shape index (κ2) is 6.23. The summed E-state index contributed by atoms with van der Waals surface area (Å²) in [6.07, 6.45) is 2.26. The Morgan fingerprint density at radius 3 is 1.95 bits per heavy atom. The van der Waals surface area contributed by atoms with Crippen LogP contribution in [0.2, 0.25) is 0 Å². The highest BCUT2D eigenvalue weighted by Gasteiger charge is 2.03. The van der Waals surface area contributed by atoms with Crippen molar-refractivity contribution in [1.29, 1.82) is 0 Å². The topological polar surface area (TPSA) is 0 Å². The van der Waals surface area contributed by atoms with Crippen LogP contribution in [0.5, 0.6) is 0 Å². The molecule has 0 fully saturated rings. The van der Waals surface area contributed by atoms with E-state index in [4.69, 9.17) is 0 Å².